The molecule has 3 atom stereocenters. The Morgan fingerprint density at radius 1 is 1.19 bits per heavy atom. The average Bonchev–Trinajstić information content (AvgIpc) is 3.17. The molecule has 10 heteroatoms. The van der Waals surface area contributed by atoms with Crippen LogP contribution in [0.15, 0.2) is 47.1 Å². The molecule has 2 aliphatic rings. The van der Waals surface area contributed by atoms with E-state index in [1.165, 1.54) is 0 Å². The van der Waals surface area contributed by atoms with Gasteiger partial charge in [-0.2, -0.15) is 5.10 Å². The molecule has 0 amide bonds. The number of fused-ring (bicyclic) bond motifs is 3. The highest BCUT2D eigenvalue weighted by Crippen LogP contribution is 2.62. The second kappa shape index (κ2) is 7.72. The third-order valence-corrected chi connectivity index (χ3v) is 8.00. The number of nitrogens with one attached hydrogen (secondary N) is 1. The van der Waals surface area contributed by atoms with Crippen molar-refractivity contribution in [1.29, 1.82) is 0 Å². The maximum Gasteiger partial charge on any atom is 0.213 e. The number of ether oxygens (including phenoxy) is 1. The van der Waals surface area contributed by atoms with Crippen molar-refractivity contribution in [2.24, 2.45) is 17.6 Å². The maximum atomic E-state index is 6.28. The lowest BCUT2D eigenvalue weighted by Crippen LogP contribution is -2.32. The van der Waals surface area contributed by atoms with Gasteiger partial charge < -0.3 is 19.9 Å². The summed E-state index contributed by atoms with van der Waals surface area (Å²) in [7, 11) is 1.62. The van der Waals surface area contributed by atoms with E-state index in [0.29, 0.717) is 29.9 Å². The second-order valence-electron chi connectivity index (χ2n) is 9.77. The number of anilines is 1. The van der Waals surface area contributed by atoms with Crippen LogP contribution in [0.2, 0.25) is 0 Å². The number of methoxy groups -OCH3 is 1. The summed E-state index contributed by atoms with van der Waals surface area (Å²) in [6.07, 6.45) is 2.89. The van der Waals surface area contributed by atoms with Crippen LogP contribution in [0.25, 0.3) is 33.3 Å². The first kappa shape index (κ1) is 21.3. The normalized spacial score (nSPS) is 23.2. The van der Waals surface area contributed by atoms with Crippen molar-refractivity contribution in [3.8, 4) is 17.1 Å². The number of nitrogens with zero attached hydrogens (tertiary/aromatic N) is 6. The summed E-state index contributed by atoms with van der Waals surface area (Å²) in [5.74, 6) is 3.22. The molecule has 0 bridgehead atoms. The lowest BCUT2D eigenvalue weighted by atomic mass is 9.97. The first-order chi connectivity index (χ1) is 17.6. The Bertz CT molecular complexity index is 1610. The fourth-order valence-corrected chi connectivity index (χ4v) is 6.07. The molecule has 5 heterocycles. The molecule has 2 fully saturated rings. The first-order valence-electron chi connectivity index (χ1n) is 12.2. The van der Waals surface area contributed by atoms with Crippen molar-refractivity contribution < 1.29 is 9.26 Å². The third-order valence-electron chi connectivity index (χ3n) is 8.00. The molecule has 1 aliphatic carbocycles. The van der Waals surface area contributed by atoms with E-state index in [1.54, 1.807) is 7.11 Å². The lowest BCUT2D eigenvalue weighted by Gasteiger charge is -2.26. The maximum absolute atomic E-state index is 6.28. The topological polar surface area (TPSA) is 132 Å². The number of nitrogens with two attached hydrogens (primary N) is 1. The molecular weight excluding hydrogens is 456 g/mol. The fraction of sp³-hybridized carbons (Fsp3) is 0.346. The molecule has 0 radical (unpaired) electrons. The first-order valence-corrected chi connectivity index (χ1v) is 12.2. The van der Waals surface area contributed by atoms with E-state index in [2.05, 4.69) is 31.3 Å². The molecule has 1 aliphatic heterocycles. The van der Waals surface area contributed by atoms with Gasteiger partial charge in [-0.1, -0.05) is 11.2 Å². The molecule has 1 saturated heterocycles. The zero-order chi connectivity index (χ0) is 24.4. The summed E-state index contributed by atoms with van der Waals surface area (Å²) in [4.78, 5) is 16.4. The van der Waals surface area contributed by atoms with Gasteiger partial charge >= 0.3 is 0 Å². The highest BCUT2D eigenvalue weighted by molar-refractivity contribution is 5.92. The predicted molar refractivity (Wildman–Crippen MR) is 135 cm³/mol. The number of H-pyrrole nitrogens is 1. The minimum Gasteiger partial charge on any atom is -0.481 e. The van der Waals surface area contributed by atoms with E-state index in [9.17, 15) is 0 Å². The van der Waals surface area contributed by atoms with Crippen molar-refractivity contribution in [1.82, 2.24) is 30.3 Å². The van der Waals surface area contributed by atoms with Crippen LogP contribution in [0.3, 0.4) is 0 Å². The number of hydrogen-bond acceptors (Lipinski definition) is 9. The van der Waals surface area contributed by atoms with Gasteiger partial charge in [0.1, 0.15) is 22.8 Å². The molecule has 0 spiro atoms. The summed E-state index contributed by atoms with van der Waals surface area (Å²) >= 11 is 0. The molecule has 7 rings (SSSR count). The highest BCUT2D eigenvalue weighted by atomic mass is 16.5. The molecule has 182 valence electrons. The molecule has 36 heavy (non-hydrogen) atoms. The smallest absolute Gasteiger partial charge is 0.213 e. The Hall–Kier alpha value is -4.05. The van der Waals surface area contributed by atoms with Crippen LogP contribution in [0.1, 0.15) is 17.9 Å². The minimum atomic E-state index is -0.0971. The van der Waals surface area contributed by atoms with Crippen molar-refractivity contribution in [2.75, 3.05) is 31.6 Å². The standard InChI is InChI=1S/C26H26N8O2/c1-14-9-20(33-36-14)26(13-27)17-7-8-34(12-18(17)26)21-11-28-24-23(31-32-25(24)30-21)16-3-5-19-15(10-16)4-6-22(29-19)35-2/h3-6,9-11,17-18H,7-8,12-13,27H2,1-2H3,(H,30,31,32)/t17-,18+,26+/m1/s1. The van der Waals surface area contributed by atoms with Crippen molar-refractivity contribution >= 4 is 27.9 Å². The molecule has 4 aromatic heterocycles. The molecule has 1 saturated carbocycles. The predicted octanol–water partition coefficient (Wildman–Crippen LogP) is 3.23. The van der Waals surface area contributed by atoms with E-state index in [1.807, 2.05) is 43.5 Å². The van der Waals surface area contributed by atoms with Gasteiger partial charge in [-0.25, -0.2) is 15.0 Å². The molecule has 10 nitrogen and oxygen atoms in total. The summed E-state index contributed by atoms with van der Waals surface area (Å²) in [6.45, 7) is 4.28. The zero-order valence-corrected chi connectivity index (χ0v) is 20.1. The highest BCUT2D eigenvalue weighted by Gasteiger charge is 2.67. The van der Waals surface area contributed by atoms with Crippen LogP contribution in [0, 0.1) is 18.8 Å². The van der Waals surface area contributed by atoms with E-state index in [0.717, 1.165) is 64.5 Å². The minimum absolute atomic E-state index is 0.0971. The fourth-order valence-electron chi connectivity index (χ4n) is 6.07. The van der Waals surface area contributed by atoms with Gasteiger partial charge in [-0.15, -0.1) is 0 Å². The second-order valence-corrected chi connectivity index (χ2v) is 9.77. The monoisotopic (exact) mass is 482 g/mol. The van der Waals surface area contributed by atoms with Crippen molar-refractivity contribution in [3.05, 3.63) is 54.0 Å². The largest absolute Gasteiger partial charge is 0.481 e. The van der Waals surface area contributed by atoms with Gasteiger partial charge in [-0.3, -0.25) is 5.10 Å². The van der Waals surface area contributed by atoms with Gasteiger partial charge in [-0.05, 0) is 43.4 Å². The number of hydrogen-bond donors (Lipinski definition) is 2. The Kier molecular flexibility index (Phi) is 4.56. The Labute approximate surface area is 206 Å². The molecule has 5 aromatic rings. The number of aromatic nitrogens is 6. The van der Waals surface area contributed by atoms with Crippen molar-refractivity contribution in [2.45, 2.75) is 18.8 Å². The number of pyridine rings is 1. The van der Waals surface area contributed by atoms with Gasteiger partial charge in [0.2, 0.25) is 5.88 Å². The van der Waals surface area contributed by atoms with Gasteiger partial charge in [0, 0.05) is 48.1 Å². The number of benzene rings is 1. The van der Waals surface area contributed by atoms with Crippen LogP contribution in [-0.4, -0.2) is 57.1 Å². The van der Waals surface area contributed by atoms with Crippen LogP contribution in [0.5, 0.6) is 5.88 Å². The molecule has 0 unspecified atom stereocenters. The van der Waals surface area contributed by atoms with Crippen molar-refractivity contribution in [3.63, 3.8) is 0 Å². The third kappa shape index (κ3) is 3.03. The van der Waals surface area contributed by atoms with Crippen LogP contribution in [0.4, 0.5) is 5.82 Å². The molecular formula is C26H26N8O2. The summed E-state index contributed by atoms with van der Waals surface area (Å²) in [5.41, 5.74) is 11.2. The molecule has 1 aromatic carbocycles. The molecule has 3 N–H and O–H groups in total. The van der Waals surface area contributed by atoms with Gasteiger partial charge in [0.05, 0.1) is 24.5 Å². The summed E-state index contributed by atoms with van der Waals surface area (Å²) in [5, 5.41) is 13.0. The van der Waals surface area contributed by atoms with E-state index in [4.69, 9.17) is 25.0 Å². The quantitative estimate of drug-likeness (QED) is 0.387. The zero-order valence-electron chi connectivity index (χ0n) is 20.1. The van der Waals surface area contributed by atoms with Crippen LogP contribution < -0.4 is 15.4 Å². The lowest BCUT2D eigenvalue weighted by molar-refractivity contribution is 0.379. The Balaban J connectivity index is 1.17. The Morgan fingerprint density at radius 3 is 2.92 bits per heavy atom. The SMILES string of the molecule is COc1ccc2cc(-c3n[nH]c4nc(N5CC[C@@H]6[C@H](C5)[C@@]6(CN)c5cc(C)on5)cnc34)ccc2n1. The number of rotatable bonds is 5. The number of piperidine rings is 1. The van der Waals surface area contributed by atoms with E-state index < -0.39 is 0 Å². The van der Waals surface area contributed by atoms with Gasteiger partial charge in [0.15, 0.2) is 5.65 Å². The van der Waals surface area contributed by atoms with Crippen LogP contribution >= 0.6 is 0 Å². The Morgan fingerprint density at radius 2 is 2.11 bits per heavy atom. The average molecular weight is 483 g/mol. The number of aromatic amines is 1. The van der Waals surface area contributed by atoms with Gasteiger partial charge in [0.25, 0.3) is 0 Å². The number of aryl methyl sites for hydroxylation is 1. The van der Waals surface area contributed by atoms with Crippen LogP contribution in [-0.2, 0) is 5.41 Å². The van der Waals surface area contributed by atoms with E-state index >= 15 is 0 Å². The summed E-state index contributed by atoms with van der Waals surface area (Å²) < 4.78 is 10.6. The summed E-state index contributed by atoms with van der Waals surface area (Å²) in [6, 6.07) is 11.9. The van der Waals surface area contributed by atoms with E-state index in [-0.39, 0.29) is 5.41 Å².